The van der Waals surface area contributed by atoms with Crippen LogP contribution in [0.4, 0.5) is 5.69 Å². The third-order valence-corrected chi connectivity index (χ3v) is 10.4. The summed E-state index contributed by atoms with van der Waals surface area (Å²) in [7, 11) is -0.838. The number of carbonyl (C=O) groups excluding carboxylic acids is 3. The minimum absolute atomic E-state index is 0.0652. The van der Waals surface area contributed by atoms with Crippen molar-refractivity contribution in [2.24, 2.45) is 11.3 Å². The van der Waals surface area contributed by atoms with Crippen molar-refractivity contribution in [1.29, 1.82) is 0 Å². The summed E-state index contributed by atoms with van der Waals surface area (Å²) in [6, 6.07) is 21.0. The quantitative estimate of drug-likeness (QED) is 0.140. The van der Waals surface area contributed by atoms with Crippen LogP contribution in [-0.4, -0.2) is 63.3 Å². The van der Waals surface area contributed by atoms with Crippen molar-refractivity contribution < 1.29 is 22.8 Å². The number of amides is 3. The van der Waals surface area contributed by atoms with Gasteiger partial charge in [-0.1, -0.05) is 109 Å². The van der Waals surface area contributed by atoms with E-state index in [0.29, 0.717) is 5.69 Å². The van der Waals surface area contributed by atoms with E-state index in [9.17, 15) is 22.8 Å². The van der Waals surface area contributed by atoms with Gasteiger partial charge < -0.3 is 21.3 Å². The number of nitrogens with one attached hydrogen (secondary N) is 3. The number of hydrogen-bond acceptors (Lipinski definition) is 7. The standard InChI is InChI=1S/C39H53N5O5S/c1-25(2)32(24-26(3)35(45)43-50(48,49)31-22-18-28(19-23-31)27-16-20-30(40)21-17-27)44(10)37(47)34(38(4,5)6)42-36(46)33(41-9)39(7,8)29-14-12-11-13-15-29/h11-25,32-34,41H,40H2,1-10H3,(H,42,46)(H,43,45)/t32-,33-,34-/m1/s1. The number of anilines is 1. The van der Waals surface area contributed by atoms with Crippen LogP contribution in [0.2, 0.25) is 0 Å². The number of benzene rings is 3. The van der Waals surface area contributed by atoms with Crippen molar-refractivity contribution in [3.63, 3.8) is 0 Å². The molecule has 0 fully saturated rings. The molecule has 0 spiro atoms. The average Bonchev–Trinajstić information content (AvgIpc) is 3.05. The molecule has 3 aromatic rings. The number of nitrogens with two attached hydrogens (primary N) is 1. The number of carbonyl (C=O) groups is 3. The van der Waals surface area contributed by atoms with E-state index < -0.39 is 44.9 Å². The highest BCUT2D eigenvalue weighted by atomic mass is 32.2. The molecule has 3 amide bonds. The maximum absolute atomic E-state index is 14.2. The lowest BCUT2D eigenvalue weighted by molar-refractivity contribution is -0.140. The molecule has 0 radical (unpaired) electrons. The molecule has 50 heavy (non-hydrogen) atoms. The Labute approximate surface area is 298 Å². The van der Waals surface area contributed by atoms with E-state index >= 15 is 0 Å². The summed E-state index contributed by atoms with van der Waals surface area (Å²) in [6.45, 7) is 14.9. The van der Waals surface area contributed by atoms with Gasteiger partial charge in [0, 0.05) is 23.7 Å². The first-order chi connectivity index (χ1) is 23.2. The highest BCUT2D eigenvalue weighted by Gasteiger charge is 2.41. The minimum atomic E-state index is -4.19. The van der Waals surface area contributed by atoms with E-state index in [2.05, 4.69) is 15.4 Å². The normalized spacial score (nSPS) is 14.4. The van der Waals surface area contributed by atoms with Crippen LogP contribution in [-0.2, 0) is 29.8 Å². The van der Waals surface area contributed by atoms with Crippen molar-refractivity contribution in [1.82, 2.24) is 20.3 Å². The molecule has 0 saturated heterocycles. The molecule has 11 heteroatoms. The van der Waals surface area contributed by atoms with Crippen LogP contribution >= 0.6 is 0 Å². The van der Waals surface area contributed by atoms with Gasteiger partial charge in [0.25, 0.3) is 15.9 Å². The topological polar surface area (TPSA) is 151 Å². The van der Waals surface area contributed by atoms with Crippen LogP contribution in [0.25, 0.3) is 11.1 Å². The minimum Gasteiger partial charge on any atom is -0.399 e. The molecule has 0 aliphatic carbocycles. The number of nitrogens with zero attached hydrogens (tertiary/aromatic N) is 1. The SMILES string of the molecule is CN[C@H](C(=O)N[C@H](C(=O)N(C)[C@H](C=C(C)C(=O)NS(=O)(=O)c1ccc(-c2ccc(N)cc2)cc1)C(C)C)C(C)(C)C)C(C)(C)c1ccccc1. The van der Waals surface area contributed by atoms with E-state index in [1.807, 2.05) is 90.9 Å². The largest absolute Gasteiger partial charge is 0.399 e. The lowest BCUT2D eigenvalue weighted by Gasteiger charge is -2.40. The fourth-order valence-electron chi connectivity index (χ4n) is 5.93. The van der Waals surface area contributed by atoms with Crippen LogP contribution in [0, 0.1) is 11.3 Å². The second kappa shape index (κ2) is 16.0. The third kappa shape index (κ3) is 9.60. The van der Waals surface area contributed by atoms with Gasteiger partial charge in [0.1, 0.15) is 6.04 Å². The van der Waals surface area contributed by atoms with E-state index in [-0.39, 0.29) is 28.2 Å². The second-order valence-electron chi connectivity index (χ2n) is 14.7. The van der Waals surface area contributed by atoms with E-state index in [0.717, 1.165) is 16.7 Å². The zero-order valence-corrected chi connectivity index (χ0v) is 31.7. The van der Waals surface area contributed by atoms with Gasteiger partial charge in [0.05, 0.1) is 17.0 Å². The number of likely N-dealkylation sites (N-methyl/N-ethyl adjacent to an activating group) is 2. The fourth-order valence-corrected chi connectivity index (χ4v) is 6.94. The van der Waals surface area contributed by atoms with Crippen LogP contribution in [0.3, 0.4) is 0 Å². The summed E-state index contributed by atoms with van der Waals surface area (Å²) in [5.74, 6) is -1.61. The summed E-state index contributed by atoms with van der Waals surface area (Å²) in [5.41, 5.74) is 7.90. The monoisotopic (exact) mass is 703 g/mol. The van der Waals surface area contributed by atoms with Crippen LogP contribution < -0.4 is 21.1 Å². The smallest absolute Gasteiger partial charge is 0.264 e. The molecule has 5 N–H and O–H groups in total. The van der Waals surface area contributed by atoms with Crippen molar-refractivity contribution in [3.05, 3.63) is 96.1 Å². The van der Waals surface area contributed by atoms with E-state index in [1.165, 1.54) is 24.0 Å². The lowest BCUT2D eigenvalue weighted by atomic mass is 9.76. The molecular formula is C39H53N5O5S. The maximum Gasteiger partial charge on any atom is 0.264 e. The molecule has 0 aliphatic rings. The van der Waals surface area contributed by atoms with Crippen LogP contribution in [0.1, 0.15) is 61.0 Å². The molecule has 0 aliphatic heterocycles. The number of nitrogen functional groups attached to an aromatic ring is 1. The molecule has 10 nitrogen and oxygen atoms in total. The molecule has 3 atom stereocenters. The van der Waals surface area contributed by atoms with Crippen LogP contribution in [0.5, 0.6) is 0 Å². The molecule has 0 unspecified atom stereocenters. The molecule has 3 rings (SSSR count). The Kier molecular flexibility index (Phi) is 12.8. The summed E-state index contributed by atoms with van der Waals surface area (Å²) in [4.78, 5) is 42.7. The number of hydrogen-bond donors (Lipinski definition) is 4. The Morgan fingerprint density at radius 2 is 1.34 bits per heavy atom. The number of rotatable bonds is 13. The lowest BCUT2D eigenvalue weighted by Crippen LogP contribution is -2.61. The molecule has 0 bridgehead atoms. The molecular weight excluding hydrogens is 651 g/mol. The van der Waals surface area contributed by atoms with E-state index in [1.54, 1.807) is 44.4 Å². The second-order valence-corrected chi connectivity index (χ2v) is 16.4. The van der Waals surface area contributed by atoms with Gasteiger partial charge >= 0.3 is 0 Å². The van der Waals surface area contributed by atoms with Crippen molar-refractivity contribution in [3.8, 4) is 11.1 Å². The molecule has 270 valence electrons. The zero-order valence-electron chi connectivity index (χ0n) is 30.9. The summed E-state index contributed by atoms with van der Waals surface area (Å²) < 4.78 is 28.5. The summed E-state index contributed by atoms with van der Waals surface area (Å²) in [6.07, 6.45) is 1.59. The Bertz CT molecular complexity index is 1780. The Morgan fingerprint density at radius 3 is 1.82 bits per heavy atom. The predicted molar refractivity (Wildman–Crippen MR) is 200 cm³/mol. The van der Waals surface area contributed by atoms with Gasteiger partial charge in [-0.2, -0.15) is 0 Å². The Hall–Kier alpha value is -4.48. The average molecular weight is 704 g/mol. The van der Waals surface area contributed by atoms with Crippen molar-refractivity contribution >= 4 is 33.4 Å². The van der Waals surface area contributed by atoms with Gasteiger partial charge in [0.15, 0.2) is 0 Å². The van der Waals surface area contributed by atoms with Gasteiger partial charge in [-0.25, -0.2) is 13.1 Å². The van der Waals surface area contributed by atoms with Gasteiger partial charge in [0.2, 0.25) is 11.8 Å². The summed E-state index contributed by atoms with van der Waals surface area (Å²) >= 11 is 0. The molecule has 0 heterocycles. The molecule has 3 aromatic carbocycles. The third-order valence-electron chi connectivity index (χ3n) is 9.08. The Morgan fingerprint density at radius 1 is 0.820 bits per heavy atom. The molecule has 0 aromatic heterocycles. The van der Waals surface area contributed by atoms with E-state index in [4.69, 9.17) is 5.73 Å². The zero-order chi connectivity index (χ0) is 37.6. The summed E-state index contributed by atoms with van der Waals surface area (Å²) in [5, 5.41) is 6.17. The van der Waals surface area contributed by atoms with Gasteiger partial charge in [-0.3, -0.25) is 14.4 Å². The number of sulfonamides is 1. The van der Waals surface area contributed by atoms with Gasteiger partial charge in [-0.05, 0) is 66.3 Å². The first kappa shape index (κ1) is 40.0. The molecule has 0 saturated carbocycles. The fraction of sp³-hybridized carbons (Fsp3) is 0.410. The van der Waals surface area contributed by atoms with Crippen molar-refractivity contribution in [2.45, 2.75) is 83.8 Å². The van der Waals surface area contributed by atoms with Crippen molar-refractivity contribution in [2.75, 3.05) is 19.8 Å². The Balaban J connectivity index is 1.80. The highest BCUT2D eigenvalue weighted by molar-refractivity contribution is 7.90. The first-order valence-corrected chi connectivity index (χ1v) is 18.2. The first-order valence-electron chi connectivity index (χ1n) is 16.7. The maximum atomic E-state index is 14.2. The highest BCUT2D eigenvalue weighted by Crippen LogP contribution is 2.29. The predicted octanol–water partition coefficient (Wildman–Crippen LogP) is 5.27. The van der Waals surface area contributed by atoms with Gasteiger partial charge in [-0.15, -0.1) is 0 Å². The van der Waals surface area contributed by atoms with Crippen LogP contribution in [0.15, 0.2) is 95.4 Å².